The highest BCUT2D eigenvalue weighted by Crippen LogP contribution is 2.63. The van der Waals surface area contributed by atoms with E-state index in [2.05, 4.69) is 227 Å². The van der Waals surface area contributed by atoms with Gasteiger partial charge < -0.3 is 0 Å². The molecule has 2 aliphatic carbocycles. The molecule has 0 radical (unpaired) electrons. The highest BCUT2D eigenvalue weighted by Gasteiger charge is 2.51. The summed E-state index contributed by atoms with van der Waals surface area (Å²) in [5, 5.41) is 2.83. The fourth-order valence-corrected chi connectivity index (χ4v) is 12.3. The molecule has 9 aromatic rings. The van der Waals surface area contributed by atoms with Gasteiger partial charge in [0.1, 0.15) is 0 Å². The number of hydrogen-bond donors (Lipinski definition) is 0. The Labute approximate surface area is 373 Å². The van der Waals surface area contributed by atoms with Crippen LogP contribution in [0.25, 0.3) is 78.7 Å². The van der Waals surface area contributed by atoms with Crippen molar-refractivity contribution in [1.82, 2.24) is 15.0 Å². The minimum absolute atomic E-state index is 0.379. The van der Waals surface area contributed by atoms with E-state index in [4.69, 9.17) is 15.0 Å². The number of benzene rings is 8. The van der Waals surface area contributed by atoms with E-state index in [0.29, 0.717) is 17.5 Å². The second-order valence-corrected chi connectivity index (χ2v) is 29.4. The van der Waals surface area contributed by atoms with Crippen molar-refractivity contribution in [1.29, 1.82) is 0 Å². The van der Waals surface area contributed by atoms with Gasteiger partial charge in [-0.25, -0.2) is 15.0 Å². The maximum Gasteiger partial charge on any atom is 0.164 e. The van der Waals surface area contributed by atoms with E-state index in [-0.39, 0.29) is 5.41 Å². The lowest BCUT2D eigenvalue weighted by Crippen LogP contribution is -2.37. The number of aromatic nitrogens is 3. The number of nitrogens with zero attached hydrogens (tertiary/aromatic N) is 3. The maximum absolute atomic E-state index is 5.16. The Hall–Kier alpha value is -6.80. The summed E-state index contributed by atoms with van der Waals surface area (Å²) in [4.78, 5) is 15.4. The molecule has 0 saturated carbocycles. The molecule has 0 aliphatic heterocycles. The van der Waals surface area contributed by atoms with Gasteiger partial charge in [0, 0.05) is 16.7 Å². The summed E-state index contributed by atoms with van der Waals surface area (Å²) >= 11 is 0. The molecular formula is C58H49N3Si2. The molecule has 0 amide bonds. The van der Waals surface area contributed by atoms with Gasteiger partial charge in [-0.1, -0.05) is 220 Å². The van der Waals surface area contributed by atoms with Crippen LogP contribution in [0.4, 0.5) is 0 Å². The summed E-state index contributed by atoms with van der Waals surface area (Å²) < 4.78 is 0. The van der Waals surface area contributed by atoms with Crippen LogP contribution < -0.4 is 10.4 Å². The van der Waals surface area contributed by atoms with Crippen LogP contribution in [0.2, 0.25) is 39.3 Å². The van der Waals surface area contributed by atoms with E-state index in [1.807, 2.05) is 0 Å². The third-order valence-electron chi connectivity index (χ3n) is 13.3. The summed E-state index contributed by atoms with van der Waals surface area (Å²) in [5.74, 6) is 2.03. The first-order chi connectivity index (χ1) is 30.5. The van der Waals surface area contributed by atoms with E-state index in [0.717, 1.165) is 27.8 Å². The van der Waals surface area contributed by atoms with Gasteiger partial charge in [0.05, 0.1) is 21.6 Å². The van der Waals surface area contributed by atoms with Crippen molar-refractivity contribution < 1.29 is 0 Å². The molecule has 63 heavy (non-hydrogen) atoms. The number of fused-ring (bicyclic) bond motifs is 10. The molecule has 0 bridgehead atoms. The molecule has 3 nitrogen and oxygen atoms in total. The van der Waals surface area contributed by atoms with Crippen LogP contribution in [-0.4, -0.2) is 31.1 Å². The maximum atomic E-state index is 5.16. The molecule has 0 atom stereocenters. The summed E-state index contributed by atoms with van der Waals surface area (Å²) in [6, 6.07) is 69.5. The molecule has 8 aromatic carbocycles. The third kappa shape index (κ3) is 6.49. The van der Waals surface area contributed by atoms with E-state index in [1.54, 1.807) is 0 Å². The van der Waals surface area contributed by atoms with Crippen LogP contribution >= 0.6 is 0 Å². The van der Waals surface area contributed by atoms with Crippen LogP contribution in [-0.2, 0) is 5.41 Å². The zero-order valence-corrected chi connectivity index (χ0v) is 38.7. The fraction of sp³-hybridized carbons (Fsp3) is 0.121. The third-order valence-corrected chi connectivity index (χ3v) is 17.4. The predicted molar refractivity (Wildman–Crippen MR) is 269 cm³/mol. The molecule has 11 rings (SSSR count). The highest BCUT2D eigenvalue weighted by atomic mass is 28.3. The molecule has 1 spiro atoms. The van der Waals surface area contributed by atoms with Crippen molar-refractivity contribution in [3.05, 3.63) is 210 Å². The number of hydrogen-bond acceptors (Lipinski definition) is 3. The molecular weight excluding hydrogens is 795 g/mol. The zero-order chi connectivity index (χ0) is 43.1. The molecule has 2 aliphatic rings. The average Bonchev–Trinajstić information content (AvgIpc) is 3.78. The molecule has 0 unspecified atom stereocenters. The van der Waals surface area contributed by atoms with Gasteiger partial charge in [-0.3, -0.25) is 0 Å². The molecule has 1 heterocycles. The van der Waals surface area contributed by atoms with E-state index in [9.17, 15) is 0 Å². The van der Waals surface area contributed by atoms with Crippen LogP contribution in [0.15, 0.2) is 188 Å². The second-order valence-electron chi connectivity index (χ2n) is 19.3. The van der Waals surface area contributed by atoms with E-state index < -0.39 is 16.1 Å². The van der Waals surface area contributed by atoms with Gasteiger partial charge in [0.25, 0.3) is 0 Å². The zero-order valence-electron chi connectivity index (χ0n) is 36.7. The SMILES string of the molecule is C[Si](C)(C)c1ccc(-c2nc(-c3ccc([Si](C)(C)C)cc3)nc(-c3cccc(-c4cccc(-c5ccc6c(c5)C5(c7ccccc7-c7ccccc75)c5ccccc5-6)c4)c3)n2)cc1. The number of rotatable bonds is 7. The summed E-state index contributed by atoms with van der Waals surface area (Å²) in [6.07, 6.45) is 0. The lowest BCUT2D eigenvalue weighted by molar-refractivity contribution is 0.794. The van der Waals surface area contributed by atoms with Gasteiger partial charge in [-0.15, -0.1) is 0 Å². The van der Waals surface area contributed by atoms with Crippen molar-refractivity contribution in [3.63, 3.8) is 0 Å². The van der Waals surface area contributed by atoms with Crippen molar-refractivity contribution in [2.75, 3.05) is 0 Å². The molecule has 304 valence electrons. The second kappa shape index (κ2) is 14.7. The molecule has 0 fully saturated rings. The standard InChI is InChI=1S/C58H49N3Si2/c1-62(2,3)45-30-25-38(26-31-45)55-59-56(39-27-32-46(33-28-39)63(4,5)6)61-57(60-55)44-18-14-17-42(36-44)40-15-13-16-41(35-40)43-29-34-50-49-21-9-12-24-53(49)58(54(50)37-43)51-22-10-7-19-47(51)48-20-8-11-23-52(48)58/h7-37H,1-6H3. The first kappa shape index (κ1) is 39.1. The smallest absolute Gasteiger partial charge is 0.164 e. The molecule has 5 heteroatoms. The summed E-state index contributed by atoms with van der Waals surface area (Å²) in [6.45, 7) is 14.3. The first-order valence-corrected chi connectivity index (χ1v) is 29.1. The summed E-state index contributed by atoms with van der Waals surface area (Å²) in [5.41, 5.74) is 17.9. The Balaban J connectivity index is 0.999. The summed E-state index contributed by atoms with van der Waals surface area (Å²) in [7, 11) is -2.94. The Morgan fingerprint density at radius 2 is 0.619 bits per heavy atom. The topological polar surface area (TPSA) is 38.7 Å². The monoisotopic (exact) mass is 843 g/mol. The van der Waals surface area contributed by atoms with Gasteiger partial charge in [-0.2, -0.15) is 0 Å². The van der Waals surface area contributed by atoms with Crippen LogP contribution in [0.5, 0.6) is 0 Å². The Morgan fingerprint density at radius 3 is 1.05 bits per heavy atom. The Morgan fingerprint density at radius 1 is 0.286 bits per heavy atom. The lowest BCUT2D eigenvalue weighted by Gasteiger charge is -2.30. The van der Waals surface area contributed by atoms with Crippen LogP contribution in [0.1, 0.15) is 22.3 Å². The van der Waals surface area contributed by atoms with Gasteiger partial charge >= 0.3 is 0 Å². The molecule has 0 N–H and O–H groups in total. The lowest BCUT2D eigenvalue weighted by atomic mass is 9.70. The molecule has 1 aromatic heterocycles. The Bertz CT molecular complexity index is 3110. The average molecular weight is 844 g/mol. The van der Waals surface area contributed by atoms with Crippen molar-refractivity contribution in [2.24, 2.45) is 0 Å². The van der Waals surface area contributed by atoms with E-state index >= 15 is 0 Å². The molecule has 0 saturated heterocycles. The Kier molecular flexibility index (Phi) is 9.09. The highest BCUT2D eigenvalue weighted by molar-refractivity contribution is 6.89. The normalized spacial score (nSPS) is 13.4. The minimum atomic E-state index is -1.47. The van der Waals surface area contributed by atoms with Crippen LogP contribution in [0.3, 0.4) is 0 Å². The van der Waals surface area contributed by atoms with Gasteiger partial charge in [-0.05, 0) is 85.0 Å². The van der Waals surface area contributed by atoms with Gasteiger partial charge in [0.2, 0.25) is 0 Å². The first-order valence-electron chi connectivity index (χ1n) is 22.1. The van der Waals surface area contributed by atoms with Crippen molar-refractivity contribution in [2.45, 2.75) is 44.7 Å². The fourth-order valence-electron chi connectivity index (χ4n) is 9.99. The van der Waals surface area contributed by atoms with Crippen molar-refractivity contribution in [3.8, 4) is 78.7 Å². The quantitative estimate of drug-likeness (QED) is 0.150. The minimum Gasteiger partial charge on any atom is -0.208 e. The predicted octanol–water partition coefficient (Wildman–Crippen LogP) is 13.6. The van der Waals surface area contributed by atoms with Crippen molar-refractivity contribution >= 4 is 26.5 Å². The van der Waals surface area contributed by atoms with Crippen LogP contribution in [0, 0.1) is 0 Å². The van der Waals surface area contributed by atoms with E-state index in [1.165, 1.54) is 66.0 Å². The largest absolute Gasteiger partial charge is 0.208 e. The van der Waals surface area contributed by atoms with Gasteiger partial charge in [0.15, 0.2) is 17.5 Å².